The molecule has 164 valence electrons. The molecule has 0 spiro atoms. The van der Waals surface area contributed by atoms with Crippen molar-refractivity contribution in [1.29, 1.82) is 0 Å². The molecule has 2 heterocycles. The number of methoxy groups -OCH3 is 1. The number of pyridine rings is 1. The van der Waals surface area contributed by atoms with E-state index in [0.717, 1.165) is 16.7 Å². The number of benzene rings is 2. The molecule has 1 N–H and O–H groups in total. The molecule has 1 unspecified atom stereocenters. The number of hydrogen-bond donors (Lipinski definition) is 1. The van der Waals surface area contributed by atoms with Gasteiger partial charge in [-0.05, 0) is 30.2 Å². The van der Waals surface area contributed by atoms with Crippen LogP contribution in [-0.2, 0) is 9.59 Å². The first-order chi connectivity index (χ1) is 15.5. The van der Waals surface area contributed by atoms with E-state index in [4.69, 9.17) is 21.4 Å². The number of halogens is 1. The highest BCUT2D eigenvalue weighted by atomic mass is 35.5. The molecule has 1 atom stereocenters. The van der Waals surface area contributed by atoms with Crippen LogP contribution in [0.4, 0.5) is 0 Å². The summed E-state index contributed by atoms with van der Waals surface area (Å²) in [5.74, 6) is -0.492. The Bertz CT molecular complexity index is 1200. The molecule has 0 radical (unpaired) electrons. The molecule has 1 amide bonds. The van der Waals surface area contributed by atoms with Crippen molar-refractivity contribution in [2.75, 3.05) is 7.11 Å². The van der Waals surface area contributed by atoms with Crippen molar-refractivity contribution in [3.05, 3.63) is 70.9 Å². The number of ether oxygens (including phenoxy) is 1. The van der Waals surface area contributed by atoms with Crippen molar-refractivity contribution in [1.82, 2.24) is 9.99 Å². The van der Waals surface area contributed by atoms with Crippen LogP contribution >= 0.6 is 11.6 Å². The molecule has 0 aliphatic carbocycles. The van der Waals surface area contributed by atoms with Gasteiger partial charge in [0.25, 0.3) is 0 Å². The number of nitrogens with zero attached hydrogens (tertiary/aromatic N) is 3. The SMILES string of the molecule is COc1ccc2cc(C3CC(c4ccccc4)=NN3C(=O)CCCC(=O)O)c(Cl)nc2c1. The second kappa shape index (κ2) is 9.36. The van der Waals surface area contributed by atoms with Gasteiger partial charge in [-0.3, -0.25) is 9.59 Å². The van der Waals surface area contributed by atoms with Crippen LogP contribution in [-0.4, -0.2) is 39.8 Å². The predicted molar refractivity (Wildman–Crippen MR) is 122 cm³/mol. The maximum Gasteiger partial charge on any atom is 0.303 e. The van der Waals surface area contributed by atoms with Crippen molar-refractivity contribution in [3.63, 3.8) is 0 Å². The minimum absolute atomic E-state index is 0.0698. The largest absolute Gasteiger partial charge is 0.497 e. The van der Waals surface area contributed by atoms with Gasteiger partial charge in [-0.15, -0.1) is 0 Å². The van der Waals surface area contributed by atoms with Gasteiger partial charge in [0.1, 0.15) is 10.9 Å². The van der Waals surface area contributed by atoms with Gasteiger partial charge in [-0.1, -0.05) is 41.9 Å². The van der Waals surface area contributed by atoms with Gasteiger partial charge in [0, 0.05) is 36.3 Å². The fourth-order valence-corrected chi connectivity index (χ4v) is 4.06. The first-order valence-corrected chi connectivity index (χ1v) is 10.6. The van der Waals surface area contributed by atoms with E-state index in [-0.39, 0.29) is 25.2 Å². The van der Waals surface area contributed by atoms with Gasteiger partial charge in [0.05, 0.1) is 24.4 Å². The van der Waals surface area contributed by atoms with Gasteiger partial charge in [0.2, 0.25) is 5.91 Å². The molecule has 7 nitrogen and oxygen atoms in total. The van der Waals surface area contributed by atoms with Crippen molar-refractivity contribution in [2.45, 2.75) is 31.7 Å². The smallest absolute Gasteiger partial charge is 0.303 e. The van der Waals surface area contributed by atoms with Gasteiger partial charge in [-0.2, -0.15) is 5.10 Å². The Morgan fingerprint density at radius 1 is 1.16 bits per heavy atom. The van der Waals surface area contributed by atoms with Crippen molar-refractivity contribution < 1.29 is 19.4 Å². The van der Waals surface area contributed by atoms with Gasteiger partial charge in [-0.25, -0.2) is 9.99 Å². The van der Waals surface area contributed by atoms with Gasteiger partial charge in [0.15, 0.2) is 0 Å². The Morgan fingerprint density at radius 2 is 1.94 bits per heavy atom. The van der Waals surface area contributed by atoms with E-state index in [1.54, 1.807) is 13.2 Å². The number of hydrazone groups is 1. The normalized spacial score (nSPS) is 15.6. The molecule has 32 heavy (non-hydrogen) atoms. The summed E-state index contributed by atoms with van der Waals surface area (Å²) < 4.78 is 5.26. The number of aliphatic carboxylic acids is 1. The lowest BCUT2D eigenvalue weighted by Crippen LogP contribution is -2.27. The number of rotatable bonds is 7. The van der Waals surface area contributed by atoms with Gasteiger partial charge < -0.3 is 9.84 Å². The maximum absolute atomic E-state index is 13.0. The fourth-order valence-electron chi connectivity index (χ4n) is 3.79. The highest BCUT2D eigenvalue weighted by Gasteiger charge is 2.34. The number of fused-ring (bicyclic) bond motifs is 1. The number of hydrogen-bond acceptors (Lipinski definition) is 5. The summed E-state index contributed by atoms with van der Waals surface area (Å²) in [6.45, 7) is 0. The molecule has 1 aliphatic heterocycles. The number of carboxylic acids is 1. The number of aromatic nitrogens is 1. The van der Waals surface area contributed by atoms with Crippen LogP contribution < -0.4 is 4.74 Å². The lowest BCUT2D eigenvalue weighted by molar-refractivity contribution is -0.137. The highest BCUT2D eigenvalue weighted by molar-refractivity contribution is 6.30. The second-order valence-electron chi connectivity index (χ2n) is 7.55. The molecule has 0 saturated heterocycles. The highest BCUT2D eigenvalue weighted by Crippen LogP contribution is 2.38. The van der Waals surface area contributed by atoms with Gasteiger partial charge >= 0.3 is 5.97 Å². The Morgan fingerprint density at radius 3 is 2.66 bits per heavy atom. The van der Waals surface area contributed by atoms with Crippen LogP contribution in [0, 0.1) is 0 Å². The summed E-state index contributed by atoms with van der Waals surface area (Å²) in [5, 5.41) is 16.1. The fraction of sp³-hybridized carbons (Fsp3) is 0.250. The zero-order chi connectivity index (χ0) is 22.7. The van der Waals surface area contributed by atoms with E-state index in [1.165, 1.54) is 5.01 Å². The van der Waals surface area contributed by atoms with Crippen LogP contribution in [0.15, 0.2) is 59.7 Å². The second-order valence-corrected chi connectivity index (χ2v) is 7.90. The van der Waals surface area contributed by atoms with E-state index in [2.05, 4.69) is 10.1 Å². The lowest BCUT2D eigenvalue weighted by Gasteiger charge is -2.23. The third kappa shape index (κ3) is 4.57. The Hall–Kier alpha value is -3.45. The minimum Gasteiger partial charge on any atom is -0.497 e. The average Bonchev–Trinajstić information content (AvgIpc) is 3.24. The topological polar surface area (TPSA) is 92.1 Å². The molecular weight excluding hydrogens is 430 g/mol. The van der Waals surface area contributed by atoms with Crippen LogP contribution in [0.2, 0.25) is 5.15 Å². The Labute approximate surface area is 190 Å². The van der Waals surface area contributed by atoms with Crippen LogP contribution in [0.5, 0.6) is 5.75 Å². The predicted octanol–water partition coefficient (Wildman–Crippen LogP) is 4.83. The quantitative estimate of drug-likeness (QED) is 0.519. The molecular formula is C24H22ClN3O4. The summed E-state index contributed by atoms with van der Waals surface area (Å²) in [6.07, 6.45) is 0.749. The minimum atomic E-state index is -0.929. The molecule has 0 saturated carbocycles. The van der Waals surface area contributed by atoms with E-state index in [1.807, 2.05) is 48.5 Å². The lowest BCUT2D eigenvalue weighted by atomic mass is 9.98. The zero-order valence-electron chi connectivity index (χ0n) is 17.5. The number of carbonyl (C=O) groups excluding carboxylic acids is 1. The Kier molecular flexibility index (Phi) is 6.37. The maximum atomic E-state index is 13.0. The van der Waals surface area contributed by atoms with Crippen molar-refractivity contribution in [2.24, 2.45) is 5.10 Å². The Balaban J connectivity index is 1.69. The summed E-state index contributed by atoms with van der Waals surface area (Å²) in [4.78, 5) is 28.4. The molecule has 3 aromatic rings. The third-order valence-corrected chi connectivity index (χ3v) is 5.72. The molecule has 1 aliphatic rings. The molecule has 0 bridgehead atoms. The van der Waals surface area contributed by atoms with E-state index >= 15 is 0 Å². The summed E-state index contributed by atoms with van der Waals surface area (Å²) in [7, 11) is 1.59. The standard InChI is InChI=1S/C24H22ClN3O4/c1-32-17-11-10-16-12-18(24(25)26-19(16)13-17)21-14-20(15-6-3-2-4-7-15)27-28(21)22(29)8-5-9-23(30)31/h2-4,6-7,10-13,21H,5,8-9,14H2,1H3,(H,30,31). The number of carbonyl (C=O) groups is 2. The van der Waals surface area contributed by atoms with E-state index in [0.29, 0.717) is 28.4 Å². The van der Waals surface area contributed by atoms with Crippen LogP contribution in [0.25, 0.3) is 10.9 Å². The van der Waals surface area contributed by atoms with Crippen LogP contribution in [0.1, 0.15) is 42.9 Å². The number of carboxylic acid groups (broad SMARTS) is 1. The van der Waals surface area contributed by atoms with E-state index in [9.17, 15) is 9.59 Å². The average molecular weight is 452 g/mol. The summed E-state index contributed by atoms with van der Waals surface area (Å²) in [6, 6.07) is 16.7. The molecule has 8 heteroatoms. The molecule has 0 fully saturated rings. The summed E-state index contributed by atoms with van der Waals surface area (Å²) in [5.41, 5.74) is 3.09. The third-order valence-electron chi connectivity index (χ3n) is 5.42. The first kappa shape index (κ1) is 21.8. The van der Waals surface area contributed by atoms with E-state index < -0.39 is 12.0 Å². The first-order valence-electron chi connectivity index (χ1n) is 10.3. The number of amides is 1. The zero-order valence-corrected chi connectivity index (χ0v) is 18.2. The van der Waals surface area contributed by atoms with Crippen molar-refractivity contribution >= 4 is 40.1 Å². The van der Waals surface area contributed by atoms with Crippen molar-refractivity contribution in [3.8, 4) is 5.75 Å². The van der Waals surface area contributed by atoms with Crippen LogP contribution in [0.3, 0.4) is 0 Å². The molecule has 1 aromatic heterocycles. The molecule has 4 rings (SSSR count). The molecule has 2 aromatic carbocycles. The monoisotopic (exact) mass is 451 g/mol. The summed E-state index contributed by atoms with van der Waals surface area (Å²) >= 11 is 6.57.